The summed E-state index contributed by atoms with van der Waals surface area (Å²) in [6.07, 6.45) is 5.55. The Morgan fingerprint density at radius 1 is 1.21 bits per heavy atom. The molecule has 2 aliphatic heterocycles. The second-order valence-electron chi connectivity index (χ2n) is 7.45. The van der Waals surface area contributed by atoms with Crippen molar-refractivity contribution in [1.82, 2.24) is 10.2 Å². The van der Waals surface area contributed by atoms with Crippen LogP contribution < -0.4 is 5.32 Å². The first-order chi connectivity index (χ1) is 8.97. The van der Waals surface area contributed by atoms with E-state index in [-0.39, 0.29) is 0 Å². The minimum atomic E-state index is 0.329. The summed E-state index contributed by atoms with van der Waals surface area (Å²) in [7, 11) is 0. The Kier molecular flexibility index (Phi) is 5.27. The summed E-state index contributed by atoms with van der Waals surface area (Å²) in [5.74, 6) is 0. The Balaban J connectivity index is 1.94. The van der Waals surface area contributed by atoms with Crippen LogP contribution in [0.25, 0.3) is 0 Å². The number of hydrogen-bond donors (Lipinski definition) is 1. The summed E-state index contributed by atoms with van der Waals surface area (Å²) >= 11 is 0. The molecule has 2 aliphatic rings. The molecule has 0 radical (unpaired) electrons. The molecular formula is C16H32N2O. The van der Waals surface area contributed by atoms with E-state index in [9.17, 15) is 0 Å². The van der Waals surface area contributed by atoms with Crippen molar-refractivity contribution >= 4 is 0 Å². The zero-order valence-corrected chi connectivity index (χ0v) is 13.2. The molecule has 3 atom stereocenters. The number of nitrogens with zero attached hydrogens (tertiary/aromatic N) is 1. The van der Waals surface area contributed by atoms with Gasteiger partial charge in [0.1, 0.15) is 0 Å². The first-order valence-corrected chi connectivity index (χ1v) is 8.06. The van der Waals surface area contributed by atoms with Crippen molar-refractivity contribution in [3.05, 3.63) is 0 Å². The molecule has 0 aromatic heterocycles. The van der Waals surface area contributed by atoms with Gasteiger partial charge in [-0.2, -0.15) is 0 Å². The van der Waals surface area contributed by atoms with Gasteiger partial charge in [0.05, 0.1) is 6.10 Å². The normalized spacial score (nSPS) is 35.1. The van der Waals surface area contributed by atoms with Gasteiger partial charge in [0.15, 0.2) is 0 Å². The lowest BCUT2D eigenvalue weighted by molar-refractivity contribution is -0.0146. The highest BCUT2D eigenvalue weighted by atomic mass is 16.5. The number of ether oxygens (including phenoxy) is 1. The van der Waals surface area contributed by atoms with Crippen LogP contribution in [0, 0.1) is 5.41 Å². The molecule has 0 aliphatic carbocycles. The molecule has 0 saturated carbocycles. The molecule has 0 bridgehead atoms. The van der Waals surface area contributed by atoms with Crippen LogP contribution in [0.1, 0.15) is 53.4 Å². The molecule has 0 spiro atoms. The van der Waals surface area contributed by atoms with E-state index in [4.69, 9.17) is 4.74 Å². The highest BCUT2D eigenvalue weighted by molar-refractivity contribution is 4.89. The average Bonchev–Trinajstić information content (AvgIpc) is 2.53. The Hall–Kier alpha value is -0.120. The van der Waals surface area contributed by atoms with E-state index in [2.05, 4.69) is 37.9 Å². The molecule has 0 amide bonds. The van der Waals surface area contributed by atoms with Crippen LogP contribution in [0.15, 0.2) is 0 Å². The minimum Gasteiger partial charge on any atom is -0.377 e. The van der Waals surface area contributed by atoms with Gasteiger partial charge in [-0.1, -0.05) is 20.8 Å². The molecule has 1 N–H and O–H groups in total. The van der Waals surface area contributed by atoms with Crippen molar-refractivity contribution in [2.45, 2.75) is 71.6 Å². The van der Waals surface area contributed by atoms with E-state index in [1.807, 2.05) is 0 Å². The Bertz CT molecular complexity index is 268. The summed E-state index contributed by atoms with van der Waals surface area (Å²) in [6.45, 7) is 13.8. The fraction of sp³-hybridized carbons (Fsp3) is 1.00. The van der Waals surface area contributed by atoms with Gasteiger partial charge in [0, 0.05) is 31.8 Å². The highest BCUT2D eigenvalue weighted by Gasteiger charge is 2.31. The number of rotatable bonds is 2. The molecular weight excluding hydrogens is 236 g/mol. The van der Waals surface area contributed by atoms with Gasteiger partial charge >= 0.3 is 0 Å². The van der Waals surface area contributed by atoms with E-state index < -0.39 is 0 Å². The van der Waals surface area contributed by atoms with Crippen LogP contribution >= 0.6 is 0 Å². The zero-order valence-electron chi connectivity index (χ0n) is 13.2. The summed E-state index contributed by atoms with van der Waals surface area (Å²) in [5.41, 5.74) is 0.329. The van der Waals surface area contributed by atoms with Gasteiger partial charge < -0.3 is 10.1 Å². The van der Waals surface area contributed by atoms with E-state index in [0.29, 0.717) is 23.6 Å². The first-order valence-electron chi connectivity index (χ1n) is 8.06. The van der Waals surface area contributed by atoms with Crippen LogP contribution in [0.5, 0.6) is 0 Å². The fourth-order valence-electron chi connectivity index (χ4n) is 3.18. The Morgan fingerprint density at radius 3 is 2.63 bits per heavy atom. The molecule has 3 heteroatoms. The topological polar surface area (TPSA) is 24.5 Å². The van der Waals surface area contributed by atoms with E-state index in [1.54, 1.807) is 0 Å². The molecule has 0 aromatic carbocycles. The quantitative estimate of drug-likeness (QED) is 0.833. The highest BCUT2D eigenvalue weighted by Crippen LogP contribution is 2.24. The van der Waals surface area contributed by atoms with Crippen LogP contribution in [-0.4, -0.2) is 49.3 Å². The average molecular weight is 268 g/mol. The second-order valence-corrected chi connectivity index (χ2v) is 7.45. The molecule has 2 saturated heterocycles. The Morgan fingerprint density at radius 2 is 2.00 bits per heavy atom. The molecule has 2 heterocycles. The Labute approximate surface area is 119 Å². The van der Waals surface area contributed by atoms with Crippen LogP contribution in [0.2, 0.25) is 0 Å². The summed E-state index contributed by atoms with van der Waals surface area (Å²) in [5, 5.41) is 3.74. The third-order valence-electron chi connectivity index (χ3n) is 4.75. The molecule has 3 unspecified atom stereocenters. The smallest absolute Gasteiger partial charge is 0.0702 e. The van der Waals surface area contributed by atoms with E-state index in [0.717, 1.165) is 26.2 Å². The SMILES string of the molecule is CC1CCNC(C(C)(C)C)CN1CC1CCCCO1. The monoisotopic (exact) mass is 268 g/mol. The van der Waals surface area contributed by atoms with Crippen LogP contribution in [0.4, 0.5) is 0 Å². The van der Waals surface area contributed by atoms with Gasteiger partial charge in [-0.3, -0.25) is 4.90 Å². The van der Waals surface area contributed by atoms with Crippen molar-refractivity contribution in [3.8, 4) is 0 Å². The summed E-state index contributed by atoms with van der Waals surface area (Å²) in [6, 6.07) is 1.26. The maximum atomic E-state index is 5.93. The molecule has 0 aromatic rings. The molecule has 2 rings (SSSR count). The third-order valence-corrected chi connectivity index (χ3v) is 4.75. The third kappa shape index (κ3) is 4.44. The van der Waals surface area contributed by atoms with Gasteiger partial charge in [0.25, 0.3) is 0 Å². The summed E-state index contributed by atoms with van der Waals surface area (Å²) < 4.78 is 5.93. The van der Waals surface area contributed by atoms with Crippen LogP contribution in [-0.2, 0) is 4.74 Å². The largest absolute Gasteiger partial charge is 0.377 e. The lowest BCUT2D eigenvalue weighted by Gasteiger charge is -2.37. The second kappa shape index (κ2) is 6.55. The van der Waals surface area contributed by atoms with Gasteiger partial charge in [-0.15, -0.1) is 0 Å². The van der Waals surface area contributed by atoms with Gasteiger partial charge in [-0.25, -0.2) is 0 Å². The molecule has 2 fully saturated rings. The van der Waals surface area contributed by atoms with Crippen molar-refractivity contribution in [3.63, 3.8) is 0 Å². The molecule has 3 nitrogen and oxygen atoms in total. The number of hydrogen-bond acceptors (Lipinski definition) is 3. The van der Waals surface area contributed by atoms with Crippen molar-refractivity contribution in [1.29, 1.82) is 0 Å². The predicted octanol–water partition coefficient (Wildman–Crippen LogP) is 2.65. The lowest BCUT2D eigenvalue weighted by atomic mass is 9.86. The van der Waals surface area contributed by atoms with Crippen molar-refractivity contribution < 1.29 is 4.74 Å². The predicted molar refractivity (Wildman–Crippen MR) is 80.5 cm³/mol. The first kappa shape index (κ1) is 15.3. The number of nitrogens with one attached hydrogen (secondary N) is 1. The van der Waals surface area contributed by atoms with Gasteiger partial charge in [0.2, 0.25) is 0 Å². The molecule has 112 valence electrons. The van der Waals surface area contributed by atoms with E-state index in [1.165, 1.54) is 25.7 Å². The molecule has 19 heavy (non-hydrogen) atoms. The van der Waals surface area contributed by atoms with Crippen molar-refractivity contribution in [2.75, 3.05) is 26.2 Å². The van der Waals surface area contributed by atoms with Crippen LogP contribution in [0.3, 0.4) is 0 Å². The maximum Gasteiger partial charge on any atom is 0.0702 e. The lowest BCUT2D eigenvalue weighted by Crippen LogP contribution is -2.49. The maximum absolute atomic E-state index is 5.93. The zero-order chi connectivity index (χ0) is 13.9. The van der Waals surface area contributed by atoms with Gasteiger partial charge in [-0.05, 0) is 44.6 Å². The van der Waals surface area contributed by atoms with Crippen molar-refractivity contribution in [2.24, 2.45) is 5.41 Å². The summed E-state index contributed by atoms with van der Waals surface area (Å²) in [4.78, 5) is 2.66. The minimum absolute atomic E-state index is 0.329. The van der Waals surface area contributed by atoms with E-state index >= 15 is 0 Å². The fourth-order valence-corrected chi connectivity index (χ4v) is 3.18. The standard InChI is InChI=1S/C16H32N2O/c1-13-8-9-17-15(16(2,3)4)12-18(13)11-14-7-5-6-10-19-14/h13-15,17H,5-12H2,1-4H3.